The van der Waals surface area contributed by atoms with Crippen molar-refractivity contribution in [2.45, 2.75) is 29.6 Å². The second kappa shape index (κ2) is 26.6. The number of nitrogens with one attached hydrogen (secondary N) is 4. The van der Waals surface area contributed by atoms with E-state index in [1.54, 1.807) is 24.3 Å². The molecule has 5 N–H and O–H groups in total. The van der Waals surface area contributed by atoms with Crippen LogP contribution in [0, 0.1) is 0 Å². The number of thiazole rings is 1. The second-order valence-electron chi connectivity index (χ2n) is 18.7. The van der Waals surface area contributed by atoms with Crippen LogP contribution in [0.25, 0.3) is 32.5 Å². The zero-order valence-corrected chi connectivity index (χ0v) is 46.4. The lowest BCUT2D eigenvalue weighted by Crippen LogP contribution is -2.47. The van der Waals surface area contributed by atoms with E-state index in [1.807, 2.05) is 121 Å². The number of ether oxygens (including phenoxy) is 2. The molecule has 26 nitrogen and oxygen atoms in total. The number of hydrogen-bond donors (Lipinski definition) is 5. The number of rotatable bonds is 24. The first-order valence-corrected chi connectivity index (χ1v) is 28.4. The van der Waals surface area contributed by atoms with E-state index in [4.69, 9.17) is 9.47 Å². The van der Waals surface area contributed by atoms with Gasteiger partial charge in [0.2, 0.25) is 22.1 Å². The molecule has 5 amide bonds. The van der Waals surface area contributed by atoms with Crippen LogP contribution in [0.15, 0.2) is 175 Å². The molecule has 0 fully saturated rings. The van der Waals surface area contributed by atoms with Crippen molar-refractivity contribution >= 4 is 101 Å². The van der Waals surface area contributed by atoms with Gasteiger partial charge in [-0.05, 0) is 34.4 Å². The largest absolute Gasteiger partial charge is 0.480 e. The molecular formula is C57H51N15O11S2. The first kappa shape index (κ1) is 57.6. The number of imidazole rings is 2. The maximum Gasteiger partial charge on any atom is 0.413 e. The fourth-order valence-electron chi connectivity index (χ4n) is 8.95. The van der Waals surface area contributed by atoms with Gasteiger partial charge in [0.1, 0.15) is 32.3 Å². The van der Waals surface area contributed by atoms with Crippen molar-refractivity contribution in [3.05, 3.63) is 193 Å². The predicted octanol–water partition coefficient (Wildman–Crippen LogP) is 5.79. The minimum absolute atomic E-state index is 0.0188. The van der Waals surface area contributed by atoms with Gasteiger partial charge in [-0.15, -0.1) is 11.3 Å². The van der Waals surface area contributed by atoms with Crippen LogP contribution in [0.5, 0.6) is 0 Å². The Balaban J connectivity index is 0.794. The number of sulfonamides is 1. The van der Waals surface area contributed by atoms with E-state index in [1.165, 1.54) is 21.8 Å². The van der Waals surface area contributed by atoms with Gasteiger partial charge >= 0.3 is 18.2 Å². The van der Waals surface area contributed by atoms with Crippen molar-refractivity contribution < 1.29 is 51.8 Å². The molecule has 0 saturated carbocycles. The summed E-state index contributed by atoms with van der Waals surface area (Å²) in [5.74, 6) is -3.53. The molecule has 0 atom stereocenters. The van der Waals surface area contributed by atoms with Gasteiger partial charge in [0.15, 0.2) is 46.2 Å². The summed E-state index contributed by atoms with van der Waals surface area (Å²) in [6, 6.07) is 43.4. The van der Waals surface area contributed by atoms with E-state index in [-0.39, 0.29) is 64.5 Å². The Labute approximate surface area is 487 Å². The fourth-order valence-corrected chi connectivity index (χ4v) is 11.2. The Morgan fingerprint density at radius 1 is 0.553 bits per heavy atom. The van der Waals surface area contributed by atoms with Crippen LogP contribution in [0.2, 0.25) is 0 Å². The summed E-state index contributed by atoms with van der Waals surface area (Å²) in [6.45, 7) is -3.59. The Kier molecular flexibility index (Phi) is 18.0. The maximum atomic E-state index is 14.3. The molecule has 10 rings (SSSR count). The van der Waals surface area contributed by atoms with Crippen molar-refractivity contribution in [3.63, 3.8) is 0 Å². The van der Waals surface area contributed by atoms with E-state index in [9.17, 15) is 42.3 Å². The zero-order valence-electron chi connectivity index (χ0n) is 44.7. The summed E-state index contributed by atoms with van der Waals surface area (Å²) in [5.41, 5.74) is 3.81. The van der Waals surface area contributed by atoms with Gasteiger partial charge in [0.05, 0.1) is 29.4 Å². The number of fused-ring (bicyclic) bond motifs is 3. The highest BCUT2D eigenvalue weighted by Gasteiger charge is 2.27. The van der Waals surface area contributed by atoms with Crippen LogP contribution in [-0.2, 0) is 51.8 Å². The molecule has 85 heavy (non-hydrogen) atoms. The van der Waals surface area contributed by atoms with Crippen molar-refractivity contribution in [2.75, 3.05) is 49.9 Å². The van der Waals surface area contributed by atoms with Gasteiger partial charge in [-0.3, -0.25) is 29.8 Å². The molecule has 0 bridgehead atoms. The highest BCUT2D eigenvalue weighted by molar-refractivity contribution is 7.91. The Bertz CT molecular complexity index is 4030. The maximum absolute atomic E-state index is 14.3. The Morgan fingerprint density at radius 2 is 0.988 bits per heavy atom. The minimum atomic E-state index is -4.18. The lowest BCUT2D eigenvalue weighted by molar-refractivity contribution is -0.144. The number of para-hydroxylation sites is 1. The van der Waals surface area contributed by atoms with E-state index < -0.39 is 84.3 Å². The van der Waals surface area contributed by atoms with Gasteiger partial charge in [0, 0.05) is 26.2 Å². The number of benzene rings is 5. The average molecular weight is 1190 g/mol. The number of carbonyl (C=O) groups is 6. The van der Waals surface area contributed by atoms with Crippen LogP contribution in [-0.4, -0.2) is 142 Å². The minimum Gasteiger partial charge on any atom is -0.480 e. The molecule has 10 aromatic rings. The van der Waals surface area contributed by atoms with E-state index in [0.29, 0.717) is 10.2 Å². The van der Waals surface area contributed by atoms with Crippen LogP contribution >= 0.6 is 11.3 Å². The molecule has 0 radical (unpaired) electrons. The van der Waals surface area contributed by atoms with E-state index in [2.05, 4.69) is 55.6 Å². The molecule has 0 unspecified atom stereocenters. The molecular weight excluding hydrogens is 1130 g/mol. The highest BCUT2D eigenvalue weighted by atomic mass is 32.2. The number of anilines is 2. The van der Waals surface area contributed by atoms with Gasteiger partial charge in [-0.2, -0.15) is 0 Å². The molecule has 0 aliphatic rings. The van der Waals surface area contributed by atoms with Gasteiger partial charge in [-0.25, -0.2) is 57.6 Å². The van der Waals surface area contributed by atoms with Crippen LogP contribution in [0.4, 0.5) is 21.2 Å². The first-order valence-electron chi connectivity index (χ1n) is 26.1. The number of hydrogen-bond acceptors (Lipinski definition) is 18. The number of aromatic nitrogens is 9. The SMILES string of the molecule is O=C(O)CN(CCNC(=O)CN(CCNS(=O)(=O)c1nc2ccccc2s1)C(=O)Cn1cnc2c(NC(=O)OC(c3ccccc3)c3ccccc3)ncnc21)C(=O)Cn1cnc2c(NC(=O)OC(c3ccccc3)c3ccccc3)ncnc21. The number of aliphatic carboxylic acids is 1. The third-order valence-electron chi connectivity index (χ3n) is 13.0. The van der Waals surface area contributed by atoms with Gasteiger partial charge in [0.25, 0.3) is 10.0 Å². The molecule has 0 saturated heterocycles. The molecule has 5 heterocycles. The van der Waals surface area contributed by atoms with Gasteiger partial charge in [-0.1, -0.05) is 133 Å². The number of carboxylic acids is 1. The molecule has 28 heteroatoms. The third-order valence-corrected chi connectivity index (χ3v) is 15.8. The summed E-state index contributed by atoms with van der Waals surface area (Å²) in [7, 11) is -4.18. The molecule has 0 aliphatic carbocycles. The Morgan fingerprint density at radius 3 is 1.45 bits per heavy atom. The lowest BCUT2D eigenvalue weighted by atomic mass is 10.0. The standard InChI is InChI=1S/C57H51N15O11S2/c73-43(58-25-27-70(32-46(76)77)45(75)31-72-36-64-48-52(60-34-62-54(48)72)68-56(79)83-50(39-19-9-3-10-20-39)40-21-11-4-12-22-40)29-69(28-26-65-85(80,81)57-66-41-23-13-14-24-42(41)84-57)44(74)30-71-35-63-47-51(59-33-61-53(47)71)67-55(78)82-49(37-15-5-1-6-16-37)38-17-7-2-8-18-38/h1-24,33-36,49-50,65H,25-32H2,(H,58,73)(H,76,77)(H,59,61,67,78)(H,60,62,68,79). The number of carboxylic acid groups (broad SMARTS) is 1. The smallest absolute Gasteiger partial charge is 0.413 e. The molecule has 5 aromatic carbocycles. The van der Waals surface area contributed by atoms with Crippen LogP contribution in [0.1, 0.15) is 34.5 Å². The second-order valence-corrected chi connectivity index (χ2v) is 21.7. The van der Waals surface area contributed by atoms with Crippen molar-refractivity contribution in [3.8, 4) is 0 Å². The quantitative estimate of drug-likeness (QED) is 0.0478. The van der Waals surface area contributed by atoms with Crippen LogP contribution < -0.4 is 20.7 Å². The molecule has 5 aromatic heterocycles. The Hall–Kier alpha value is -10.6. The van der Waals surface area contributed by atoms with Gasteiger partial charge < -0.3 is 38.8 Å². The number of amides is 5. The summed E-state index contributed by atoms with van der Waals surface area (Å²) >= 11 is 0.954. The fraction of sp³-hybridized carbons (Fsp3) is 0.175. The van der Waals surface area contributed by atoms with E-state index in [0.717, 1.165) is 56.0 Å². The average Bonchev–Trinajstić information content (AvgIpc) is 3.33. The lowest BCUT2D eigenvalue weighted by Gasteiger charge is -2.24. The normalized spacial score (nSPS) is 11.4. The summed E-state index contributed by atoms with van der Waals surface area (Å²) in [5, 5.41) is 17.7. The monoisotopic (exact) mass is 1190 g/mol. The molecule has 0 aliphatic heterocycles. The zero-order chi connectivity index (χ0) is 59.3. The topological polar surface area (TPSA) is 330 Å². The van der Waals surface area contributed by atoms with E-state index >= 15 is 0 Å². The predicted molar refractivity (Wildman–Crippen MR) is 309 cm³/mol. The summed E-state index contributed by atoms with van der Waals surface area (Å²) in [4.78, 5) is 113. The molecule has 432 valence electrons. The van der Waals surface area contributed by atoms with Crippen LogP contribution in [0.3, 0.4) is 0 Å². The number of carbonyl (C=O) groups excluding carboxylic acids is 5. The van der Waals surface area contributed by atoms with Crippen molar-refractivity contribution in [1.82, 2.24) is 63.9 Å². The summed E-state index contributed by atoms with van der Waals surface area (Å²) < 4.78 is 44.2. The summed E-state index contributed by atoms with van der Waals surface area (Å²) in [6.07, 6.45) is 1.62. The first-order chi connectivity index (χ1) is 41.3. The third kappa shape index (κ3) is 14.4. The highest BCUT2D eigenvalue weighted by Crippen LogP contribution is 2.30. The number of nitrogens with zero attached hydrogens (tertiary/aromatic N) is 11. The van der Waals surface area contributed by atoms with Crippen molar-refractivity contribution in [1.29, 1.82) is 0 Å². The molecule has 0 spiro atoms. The van der Waals surface area contributed by atoms with Crippen molar-refractivity contribution in [2.24, 2.45) is 0 Å².